The summed E-state index contributed by atoms with van der Waals surface area (Å²) >= 11 is 0. The molecule has 0 spiro atoms. The van der Waals surface area contributed by atoms with Gasteiger partial charge in [0.05, 0.1) is 18.5 Å². The van der Waals surface area contributed by atoms with E-state index in [4.69, 9.17) is 14.7 Å². The molecule has 3 heterocycles. The van der Waals surface area contributed by atoms with E-state index in [2.05, 4.69) is 68.3 Å². The van der Waals surface area contributed by atoms with E-state index in [1.54, 1.807) is 18.4 Å². The van der Waals surface area contributed by atoms with Crippen LogP contribution in [0.2, 0.25) is 18.1 Å². The van der Waals surface area contributed by atoms with Crippen molar-refractivity contribution in [3.8, 4) is 0 Å². The van der Waals surface area contributed by atoms with Crippen LogP contribution in [-0.4, -0.2) is 60.9 Å². The Bertz CT molecular complexity index is 1370. The fourth-order valence-electron chi connectivity index (χ4n) is 3.46. The molecule has 3 atom stereocenters. The van der Waals surface area contributed by atoms with Crippen LogP contribution in [0.25, 0.3) is 21.6 Å². The van der Waals surface area contributed by atoms with E-state index in [9.17, 15) is 18.0 Å². The van der Waals surface area contributed by atoms with Crippen LogP contribution in [0.4, 0.5) is 5.95 Å². The molecular formula is C20H33N9O6SSi. The lowest BCUT2D eigenvalue weighted by Crippen LogP contribution is -2.45. The summed E-state index contributed by atoms with van der Waals surface area (Å²) in [4.78, 5) is 38.2. The number of azide groups is 1. The van der Waals surface area contributed by atoms with Crippen LogP contribution in [0, 0.1) is 5.92 Å². The molecule has 0 aromatic carbocycles. The number of amides is 1. The van der Waals surface area contributed by atoms with Crippen LogP contribution >= 0.6 is 0 Å². The van der Waals surface area contributed by atoms with Crippen molar-refractivity contribution in [2.24, 2.45) is 10.4 Å². The van der Waals surface area contributed by atoms with Crippen LogP contribution in [0.5, 0.6) is 0 Å². The molecule has 204 valence electrons. The molecule has 1 unspecified atom stereocenters. The first-order valence-corrected chi connectivity index (χ1v) is 16.1. The minimum absolute atomic E-state index is 0.0310. The third-order valence-corrected chi connectivity index (χ3v) is 11.8. The van der Waals surface area contributed by atoms with Crippen LogP contribution in [0.15, 0.2) is 15.6 Å². The molecule has 3 N–H and O–H groups in total. The molecule has 37 heavy (non-hydrogen) atoms. The van der Waals surface area contributed by atoms with Crippen molar-refractivity contribution in [3.05, 3.63) is 27.1 Å². The Morgan fingerprint density at radius 3 is 2.70 bits per heavy atom. The molecule has 0 bridgehead atoms. The van der Waals surface area contributed by atoms with Crippen LogP contribution in [-0.2, 0) is 24.2 Å². The van der Waals surface area contributed by atoms with Gasteiger partial charge in [0, 0.05) is 28.3 Å². The lowest BCUT2D eigenvalue weighted by molar-refractivity contribution is -0.118. The van der Waals surface area contributed by atoms with Crippen LogP contribution in [0.3, 0.4) is 0 Å². The van der Waals surface area contributed by atoms with Gasteiger partial charge in [0.15, 0.2) is 25.7 Å². The molecule has 15 nitrogen and oxygen atoms in total. The quantitative estimate of drug-likeness (QED) is 0.181. The lowest BCUT2D eigenvalue weighted by atomic mass is 10.2. The van der Waals surface area contributed by atoms with Gasteiger partial charge in [-0.3, -0.25) is 24.5 Å². The second kappa shape index (κ2) is 10.5. The minimum atomic E-state index is -4.20. The SMILES string of the molecule is CC(C)C(=O)Nc1nc2c(ncn2C2O[C@H](CNS(=O)(=O)N=[N+]=[N-])C[C@H]2O[Si](C)(C)C(C)(C)C)c(=O)[nH]1. The second-order valence-corrected chi connectivity index (χ2v) is 16.8. The zero-order valence-corrected chi connectivity index (χ0v) is 23.7. The molecule has 17 heteroatoms. The number of nitrogens with zero attached hydrogens (tertiary/aromatic N) is 6. The third kappa shape index (κ3) is 6.55. The minimum Gasteiger partial charge on any atom is -0.409 e. The molecule has 0 radical (unpaired) electrons. The number of aromatic nitrogens is 4. The Kier molecular flexibility index (Phi) is 8.16. The van der Waals surface area contributed by atoms with E-state index in [1.807, 2.05) is 0 Å². The maximum Gasteiger partial charge on any atom is 0.300 e. The van der Waals surface area contributed by atoms with E-state index in [-0.39, 0.29) is 40.5 Å². The lowest BCUT2D eigenvalue weighted by Gasteiger charge is -2.39. The summed E-state index contributed by atoms with van der Waals surface area (Å²) in [6.45, 7) is 13.7. The number of carbonyl (C=O) groups excluding carboxylic acids is 1. The number of nitrogens with one attached hydrogen (secondary N) is 3. The molecule has 1 saturated heterocycles. The van der Waals surface area contributed by atoms with E-state index in [1.165, 1.54) is 6.33 Å². The first kappa shape index (κ1) is 28.7. The second-order valence-electron chi connectivity index (χ2n) is 10.7. The summed E-state index contributed by atoms with van der Waals surface area (Å²) in [6.07, 6.45) is -0.239. The number of fused-ring (bicyclic) bond motifs is 1. The fraction of sp³-hybridized carbons (Fsp3) is 0.700. The van der Waals surface area contributed by atoms with E-state index < -0.39 is 42.5 Å². The van der Waals surface area contributed by atoms with Crippen LogP contribution in [0.1, 0.15) is 47.3 Å². The zero-order chi connectivity index (χ0) is 27.8. The van der Waals surface area contributed by atoms with Gasteiger partial charge in [-0.2, -0.15) is 4.98 Å². The number of anilines is 1. The molecule has 0 saturated carbocycles. The highest BCUT2D eigenvalue weighted by atomic mass is 32.2. The van der Waals surface area contributed by atoms with E-state index >= 15 is 0 Å². The molecule has 2 aromatic rings. The van der Waals surface area contributed by atoms with Gasteiger partial charge in [0.2, 0.25) is 11.9 Å². The van der Waals surface area contributed by atoms with Crippen molar-refractivity contribution in [1.29, 1.82) is 0 Å². The Morgan fingerprint density at radius 2 is 2.11 bits per heavy atom. The number of carbonyl (C=O) groups is 1. The summed E-state index contributed by atoms with van der Waals surface area (Å²) in [6, 6.07) is 0. The Morgan fingerprint density at radius 1 is 1.43 bits per heavy atom. The van der Waals surface area contributed by atoms with Gasteiger partial charge in [-0.15, -0.1) is 0 Å². The van der Waals surface area contributed by atoms with Crippen molar-refractivity contribution in [2.75, 3.05) is 11.9 Å². The number of hydrogen-bond donors (Lipinski definition) is 3. The highest BCUT2D eigenvalue weighted by molar-refractivity contribution is 7.88. The van der Waals surface area contributed by atoms with Gasteiger partial charge in [0.1, 0.15) is 0 Å². The number of imidazole rings is 1. The smallest absolute Gasteiger partial charge is 0.300 e. The third-order valence-electron chi connectivity index (χ3n) is 6.51. The van der Waals surface area contributed by atoms with Crippen molar-refractivity contribution in [1.82, 2.24) is 24.2 Å². The summed E-state index contributed by atoms with van der Waals surface area (Å²) < 4.78 is 43.0. The Hall–Kier alpha value is -2.82. The molecule has 1 amide bonds. The summed E-state index contributed by atoms with van der Waals surface area (Å²) in [5.74, 6) is -0.685. The molecule has 1 fully saturated rings. The molecule has 1 aliphatic rings. The predicted octanol–water partition coefficient (Wildman–Crippen LogP) is 2.54. The normalized spacial score (nSPS) is 20.8. The van der Waals surface area contributed by atoms with Gasteiger partial charge >= 0.3 is 0 Å². The summed E-state index contributed by atoms with van der Waals surface area (Å²) in [5.41, 5.74) is 8.14. The van der Waals surface area contributed by atoms with Gasteiger partial charge in [0.25, 0.3) is 15.8 Å². The van der Waals surface area contributed by atoms with Crippen molar-refractivity contribution < 1.29 is 22.4 Å². The topological polar surface area (TPSA) is 206 Å². The monoisotopic (exact) mass is 555 g/mol. The first-order valence-electron chi connectivity index (χ1n) is 11.7. The molecule has 1 aliphatic heterocycles. The number of rotatable bonds is 9. The maximum absolute atomic E-state index is 12.7. The average molecular weight is 556 g/mol. The number of H-pyrrole nitrogens is 1. The standard InChI is InChI=1S/C20H33N9O6SSi/c1-11(2)16(30)25-19-24-15-14(17(31)26-19)22-10-29(15)18-13(35-37(6,7)20(3,4)5)8-12(34-18)9-23-36(32,33)28-27-21/h10-13,18,23H,8-9H2,1-7H3,(H2,24,25,26,30,31)/t12-,13+,18?/m0/s1. The van der Waals surface area contributed by atoms with Crippen LogP contribution < -0.4 is 15.6 Å². The van der Waals surface area contributed by atoms with E-state index in [0.717, 1.165) is 0 Å². The summed E-state index contributed by atoms with van der Waals surface area (Å²) in [7, 11) is -6.52. The highest BCUT2D eigenvalue weighted by Crippen LogP contribution is 2.42. The fourth-order valence-corrected chi connectivity index (χ4v) is 5.33. The molecule has 3 rings (SSSR count). The Balaban J connectivity index is 1.99. The van der Waals surface area contributed by atoms with Crippen molar-refractivity contribution in [2.45, 2.75) is 77.6 Å². The largest absolute Gasteiger partial charge is 0.409 e. The van der Waals surface area contributed by atoms with E-state index in [0.29, 0.717) is 6.42 Å². The summed E-state index contributed by atoms with van der Waals surface area (Å²) in [5, 5.41) is 2.46. The molecular weight excluding hydrogens is 522 g/mol. The highest BCUT2D eigenvalue weighted by Gasteiger charge is 2.46. The Labute approximate surface area is 215 Å². The number of ether oxygens (including phenoxy) is 1. The average Bonchev–Trinajstić information content (AvgIpc) is 3.35. The number of hydrogen-bond acceptors (Lipinski definition) is 8. The predicted molar refractivity (Wildman–Crippen MR) is 138 cm³/mol. The maximum atomic E-state index is 12.7. The first-order chi connectivity index (χ1) is 17.0. The van der Waals surface area contributed by atoms with Gasteiger partial charge in [-0.05, 0) is 23.7 Å². The van der Waals surface area contributed by atoms with Gasteiger partial charge < -0.3 is 9.16 Å². The molecule has 0 aliphatic carbocycles. The molecule has 2 aromatic heterocycles. The van der Waals surface area contributed by atoms with Crippen molar-refractivity contribution >= 4 is 41.5 Å². The van der Waals surface area contributed by atoms with Gasteiger partial charge in [-0.25, -0.2) is 18.1 Å². The van der Waals surface area contributed by atoms with Gasteiger partial charge in [-0.1, -0.05) is 34.6 Å². The zero-order valence-electron chi connectivity index (χ0n) is 21.8. The number of aromatic amines is 1. The van der Waals surface area contributed by atoms with Crippen molar-refractivity contribution in [3.63, 3.8) is 0 Å².